The number of hydrogen-bond donors (Lipinski definition) is 2. The van der Waals surface area contributed by atoms with E-state index in [9.17, 15) is 19.4 Å². The first kappa shape index (κ1) is 51.7. The van der Waals surface area contributed by atoms with E-state index in [1.165, 1.54) is 103 Å². The molecule has 0 heterocycles. The van der Waals surface area contributed by atoms with E-state index in [2.05, 4.69) is 43.5 Å². The zero-order chi connectivity index (χ0) is 39.3. The van der Waals surface area contributed by atoms with E-state index >= 15 is 0 Å². The number of phosphoric acid groups is 1. The highest BCUT2D eigenvalue weighted by Gasteiger charge is 2.23. The van der Waals surface area contributed by atoms with E-state index in [1.807, 2.05) is 27.2 Å². The Morgan fingerprint density at radius 2 is 1.11 bits per heavy atom. The lowest BCUT2D eigenvalue weighted by Gasteiger charge is -2.29. The van der Waals surface area contributed by atoms with Crippen LogP contribution < -0.4 is 10.2 Å². The number of nitrogens with one attached hydrogen (secondary N) is 1. The van der Waals surface area contributed by atoms with Gasteiger partial charge in [0, 0.05) is 6.42 Å². The summed E-state index contributed by atoms with van der Waals surface area (Å²) >= 11 is 0. The minimum atomic E-state index is -4.59. The third kappa shape index (κ3) is 38.8. The Labute approximate surface area is 327 Å². The van der Waals surface area contributed by atoms with Crippen molar-refractivity contribution in [3.05, 3.63) is 36.5 Å². The molecule has 0 bridgehead atoms. The Balaban J connectivity index is 4.47. The van der Waals surface area contributed by atoms with Crippen LogP contribution in [-0.4, -0.2) is 68.5 Å². The van der Waals surface area contributed by atoms with Crippen LogP contribution in [0, 0.1) is 0 Å². The highest BCUT2D eigenvalue weighted by atomic mass is 31.2. The second-order valence-corrected chi connectivity index (χ2v) is 17.5. The molecule has 0 fully saturated rings. The smallest absolute Gasteiger partial charge is 0.268 e. The van der Waals surface area contributed by atoms with Crippen molar-refractivity contribution >= 4 is 13.7 Å². The topological polar surface area (TPSA) is 108 Å². The number of carbonyl (C=O) groups is 1. The highest BCUT2D eigenvalue weighted by Crippen LogP contribution is 2.38. The number of carbonyl (C=O) groups excluding carboxylic acids is 1. The molecule has 0 aromatic carbocycles. The number of aliphatic hydroxyl groups is 1. The van der Waals surface area contributed by atoms with Gasteiger partial charge in [0.1, 0.15) is 13.2 Å². The van der Waals surface area contributed by atoms with Gasteiger partial charge in [0.25, 0.3) is 7.82 Å². The summed E-state index contributed by atoms with van der Waals surface area (Å²) in [5, 5.41) is 13.8. The van der Waals surface area contributed by atoms with Gasteiger partial charge in [-0.1, -0.05) is 172 Å². The van der Waals surface area contributed by atoms with Gasteiger partial charge in [-0.05, 0) is 44.9 Å². The van der Waals surface area contributed by atoms with Crippen molar-refractivity contribution in [1.29, 1.82) is 0 Å². The van der Waals surface area contributed by atoms with Crippen molar-refractivity contribution < 1.29 is 32.9 Å². The molecule has 2 N–H and O–H groups in total. The van der Waals surface area contributed by atoms with Crippen LogP contribution in [0.4, 0.5) is 0 Å². The first-order valence-corrected chi connectivity index (χ1v) is 23.3. The molecule has 3 unspecified atom stereocenters. The number of unbranched alkanes of at least 4 members (excludes halogenated alkanes) is 22. The van der Waals surface area contributed by atoms with Crippen molar-refractivity contribution in [3.63, 3.8) is 0 Å². The molecular weight excluding hydrogens is 683 g/mol. The molecule has 0 spiro atoms. The molecule has 0 radical (unpaired) electrons. The molecule has 1 amide bonds. The summed E-state index contributed by atoms with van der Waals surface area (Å²) in [6, 6.07) is -0.891. The van der Waals surface area contributed by atoms with E-state index in [0.717, 1.165) is 64.2 Å². The molecule has 8 nitrogen and oxygen atoms in total. The van der Waals surface area contributed by atoms with Crippen molar-refractivity contribution in [3.8, 4) is 0 Å². The molecule has 53 heavy (non-hydrogen) atoms. The molecule has 312 valence electrons. The van der Waals surface area contributed by atoms with Gasteiger partial charge in [-0.3, -0.25) is 9.36 Å². The average molecular weight is 769 g/mol. The Hall–Kier alpha value is -1.28. The van der Waals surface area contributed by atoms with Gasteiger partial charge in [-0.2, -0.15) is 0 Å². The normalized spacial score (nSPS) is 14.8. The maximum Gasteiger partial charge on any atom is 0.268 e. The quantitative estimate of drug-likeness (QED) is 0.0279. The van der Waals surface area contributed by atoms with Crippen LogP contribution in [0.15, 0.2) is 36.5 Å². The summed E-state index contributed by atoms with van der Waals surface area (Å²) in [6.45, 7) is 4.59. The summed E-state index contributed by atoms with van der Waals surface area (Å²) in [4.78, 5) is 25.3. The zero-order valence-electron chi connectivity index (χ0n) is 35.2. The fourth-order valence-electron chi connectivity index (χ4n) is 6.05. The summed E-state index contributed by atoms with van der Waals surface area (Å²) in [5.41, 5.74) is 0. The zero-order valence-corrected chi connectivity index (χ0v) is 36.1. The van der Waals surface area contributed by atoms with Crippen molar-refractivity contribution in [2.75, 3.05) is 40.9 Å². The lowest BCUT2D eigenvalue weighted by atomic mass is 10.0. The molecule has 0 saturated heterocycles. The van der Waals surface area contributed by atoms with Crippen LogP contribution in [0.1, 0.15) is 187 Å². The Bertz CT molecular complexity index is 964. The van der Waals surface area contributed by atoms with Crippen LogP contribution in [0.25, 0.3) is 0 Å². The van der Waals surface area contributed by atoms with Gasteiger partial charge in [0.05, 0.1) is 39.9 Å². The molecule has 0 aliphatic carbocycles. The largest absolute Gasteiger partial charge is 0.756 e. The van der Waals surface area contributed by atoms with Crippen LogP contribution in [0.3, 0.4) is 0 Å². The predicted octanol–water partition coefficient (Wildman–Crippen LogP) is 11.3. The second-order valence-electron chi connectivity index (χ2n) is 16.0. The van der Waals surface area contributed by atoms with Gasteiger partial charge in [0.15, 0.2) is 0 Å². The second kappa shape index (κ2) is 36.4. The highest BCUT2D eigenvalue weighted by molar-refractivity contribution is 7.45. The fraction of sp³-hybridized carbons (Fsp3) is 0.841. The SMILES string of the molecule is CCCC/C=C\C/C=C\CCCCCCCC(=O)NC(COP(=O)([O-])OCC[N+](C)(C)C)C(O)/C=C/CCCCCCCCCCCCCCCCC. The molecule has 0 rings (SSSR count). The van der Waals surface area contributed by atoms with Gasteiger partial charge in [-0.25, -0.2) is 0 Å². The first-order valence-electron chi connectivity index (χ1n) is 21.9. The number of phosphoric ester groups is 1. The Morgan fingerprint density at radius 1 is 0.660 bits per heavy atom. The Morgan fingerprint density at radius 3 is 1.62 bits per heavy atom. The number of rotatable bonds is 39. The van der Waals surface area contributed by atoms with Crippen LogP contribution >= 0.6 is 7.82 Å². The average Bonchev–Trinajstić information content (AvgIpc) is 3.10. The van der Waals surface area contributed by atoms with Crippen LogP contribution in [0.2, 0.25) is 0 Å². The van der Waals surface area contributed by atoms with Crippen LogP contribution in [-0.2, 0) is 18.4 Å². The molecular formula is C44H85N2O6P. The van der Waals surface area contributed by atoms with Gasteiger partial charge in [0.2, 0.25) is 5.91 Å². The monoisotopic (exact) mass is 769 g/mol. The fourth-order valence-corrected chi connectivity index (χ4v) is 6.77. The van der Waals surface area contributed by atoms with E-state index < -0.39 is 20.0 Å². The van der Waals surface area contributed by atoms with E-state index in [4.69, 9.17) is 9.05 Å². The first-order chi connectivity index (χ1) is 25.5. The number of allylic oxidation sites excluding steroid dienone is 5. The van der Waals surface area contributed by atoms with E-state index in [-0.39, 0.29) is 19.1 Å². The number of amides is 1. The van der Waals surface area contributed by atoms with E-state index in [0.29, 0.717) is 17.4 Å². The number of likely N-dealkylation sites (N-methyl/N-ethyl adjacent to an activating group) is 1. The number of aliphatic hydroxyl groups excluding tert-OH is 1. The maximum atomic E-state index is 12.8. The predicted molar refractivity (Wildman–Crippen MR) is 224 cm³/mol. The molecule has 3 atom stereocenters. The minimum absolute atomic E-state index is 0.00420. The summed E-state index contributed by atoms with van der Waals surface area (Å²) in [7, 11) is 1.25. The van der Waals surface area contributed by atoms with Crippen LogP contribution in [0.5, 0.6) is 0 Å². The molecule has 9 heteroatoms. The molecule has 0 aliphatic rings. The van der Waals surface area contributed by atoms with Gasteiger partial charge in [-0.15, -0.1) is 0 Å². The van der Waals surface area contributed by atoms with Gasteiger partial charge >= 0.3 is 0 Å². The third-order valence-electron chi connectivity index (χ3n) is 9.59. The third-order valence-corrected chi connectivity index (χ3v) is 10.6. The number of hydrogen-bond acceptors (Lipinski definition) is 6. The Kier molecular flexibility index (Phi) is 35.5. The summed E-state index contributed by atoms with van der Waals surface area (Å²) < 4.78 is 23.2. The molecule has 0 aromatic heterocycles. The lowest BCUT2D eigenvalue weighted by Crippen LogP contribution is -2.45. The van der Waals surface area contributed by atoms with E-state index in [1.54, 1.807) is 6.08 Å². The van der Waals surface area contributed by atoms with Crippen molar-refractivity contribution in [2.45, 2.75) is 199 Å². The molecule has 0 aromatic rings. The van der Waals surface area contributed by atoms with Gasteiger partial charge < -0.3 is 28.8 Å². The minimum Gasteiger partial charge on any atom is -0.756 e. The lowest BCUT2D eigenvalue weighted by molar-refractivity contribution is -0.870. The summed E-state index contributed by atoms with van der Waals surface area (Å²) in [6.07, 6.45) is 43.2. The molecule has 0 saturated carbocycles. The number of nitrogens with zero attached hydrogens (tertiary/aromatic N) is 1. The van der Waals surface area contributed by atoms with Crippen molar-refractivity contribution in [1.82, 2.24) is 5.32 Å². The van der Waals surface area contributed by atoms with Crippen molar-refractivity contribution in [2.24, 2.45) is 0 Å². The number of quaternary nitrogens is 1. The standard InChI is InChI=1S/C44H85N2O6P/c1-6-8-10-12-14-16-18-20-22-23-24-25-27-29-31-33-35-37-43(47)42(41-52-53(49,50)51-40-39-46(3,4)5)45-44(48)38-36-34-32-30-28-26-21-19-17-15-13-11-9-7-2/h13,15,19,21,35,37,42-43,47H,6-12,14,16-18,20,22-34,36,38-41H2,1-5H3,(H-,45,48,49,50)/b15-13-,21-19-,37-35+. The maximum absolute atomic E-state index is 12.8. The molecule has 0 aliphatic heterocycles. The summed E-state index contributed by atoms with van der Waals surface area (Å²) in [5.74, 6) is -0.213.